The average molecular weight is 152 g/mol. The van der Waals surface area contributed by atoms with Gasteiger partial charge in [0.15, 0.2) is 0 Å². The van der Waals surface area contributed by atoms with Gasteiger partial charge in [0.1, 0.15) is 0 Å². The van der Waals surface area contributed by atoms with E-state index in [1.165, 1.54) is 5.57 Å². The Morgan fingerprint density at radius 1 is 1.73 bits per heavy atom. The Labute approximate surface area is 68.4 Å². The second-order valence-electron chi connectivity index (χ2n) is 3.74. The summed E-state index contributed by atoms with van der Waals surface area (Å²) in [5.74, 6) is 0.468. The second kappa shape index (κ2) is 2.82. The van der Waals surface area contributed by atoms with E-state index in [0.29, 0.717) is 5.92 Å². The second-order valence-corrected chi connectivity index (χ2v) is 3.74. The first-order chi connectivity index (χ1) is 5.01. The van der Waals surface area contributed by atoms with Crippen LogP contribution >= 0.6 is 0 Å². The minimum Gasteiger partial charge on any atom is -0.386 e. The quantitative estimate of drug-likeness (QED) is 0.571. The lowest BCUT2D eigenvalue weighted by molar-refractivity contribution is 0.0814. The highest BCUT2D eigenvalue weighted by molar-refractivity contribution is 5.11. The van der Waals surface area contributed by atoms with E-state index < -0.39 is 5.60 Å². The van der Waals surface area contributed by atoms with E-state index in [1.807, 2.05) is 26.0 Å². The Kier molecular flexibility index (Phi) is 2.19. The molecule has 0 heterocycles. The minimum absolute atomic E-state index is 0.468. The van der Waals surface area contributed by atoms with Crippen molar-refractivity contribution < 1.29 is 5.11 Å². The number of aliphatic hydroxyl groups is 1. The molecule has 0 fully saturated rings. The van der Waals surface area contributed by atoms with Gasteiger partial charge in [0, 0.05) is 0 Å². The topological polar surface area (TPSA) is 20.2 Å². The molecular weight excluding hydrogens is 136 g/mol. The lowest BCUT2D eigenvalue weighted by Gasteiger charge is -2.29. The summed E-state index contributed by atoms with van der Waals surface area (Å²) in [5, 5.41) is 9.67. The summed E-state index contributed by atoms with van der Waals surface area (Å²) < 4.78 is 0. The third-order valence-electron chi connectivity index (χ3n) is 2.25. The Morgan fingerprint density at radius 3 is 2.73 bits per heavy atom. The predicted molar refractivity (Wildman–Crippen MR) is 47.3 cm³/mol. The molecule has 0 aromatic rings. The third kappa shape index (κ3) is 2.19. The summed E-state index contributed by atoms with van der Waals surface area (Å²) in [5.41, 5.74) is 0.566. The van der Waals surface area contributed by atoms with Gasteiger partial charge in [-0.3, -0.25) is 0 Å². The fourth-order valence-corrected chi connectivity index (χ4v) is 1.51. The number of hydrogen-bond donors (Lipinski definition) is 1. The van der Waals surface area contributed by atoms with E-state index in [9.17, 15) is 5.11 Å². The van der Waals surface area contributed by atoms with Crippen LogP contribution in [-0.4, -0.2) is 10.7 Å². The van der Waals surface area contributed by atoms with Crippen LogP contribution in [0.25, 0.3) is 0 Å². The van der Waals surface area contributed by atoms with Crippen LogP contribution in [0.4, 0.5) is 0 Å². The number of allylic oxidation sites excluding steroid dienone is 2. The Morgan fingerprint density at radius 2 is 2.36 bits per heavy atom. The maximum absolute atomic E-state index is 9.67. The zero-order valence-corrected chi connectivity index (χ0v) is 7.30. The molecule has 1 aliphatic rings. The van der Waals surface area contributed by atoms with Crippen LogP contribution in [0.15, 0.2) is 24.3 Å². The zero-order chi connectivity index (χ0) is 8.48. The van der Waals surface area contributed by atoms with E-state index in [2.05, 4.69) is 6.58 Å². The predicted octanol–water partition coefficient (Wildman–Crippen LogP) is 2.28. The molecule has 11 heavy (non-hydrogen) atoms. The van der Waals surface area contributed by atoms with Crippen LogP contribution < -0.4 is 0 Å². The van der Waals surface area contributed by atoms with Crippen LogP contribution in [0.5, 0.6) is 0 Å². The molecule has 1 heteroatoms. The molecule has 0 aromatic carbocycles. The first-order valence-electron chi connectivity index (χ1n) is 4.07. The van der Waals surface area contributed by atoms with E-state index >= 15 is 0 Å². The first kappa shape index (κ1) is 8.54. The van der Waals surface area contributed by atoms with Crippen LogP contribution in [0.3, 0.4) is 0 Å². The van der Waals surface area contributed by atoms with E-state index in [-0.39, 0.29) is 0 Å². The molecule has 2 unspecified atom stereocenters. The molecule has 1 N–H and O–H groups in total. The van der Waals surface area contributed by atoms with Crippen molar-refractivity contribution in [3.05, 3.63) is 24.3 Å². The molecule has 1 aliphatic carbocycles. The lowest BCUT2D eigenvalue weighted by atomic mass is 9.81. The summed E-state index contributed by atoms with van der Waals surface area (Å²) in [7, 11) is 0. The summed E-state index contributed by atoms with van der Waals surface area (Å²) in [6, 6.07) is 0. The van der Waals surface area contributed by atoms with Gasteiger partial charge in [-0.1, -0.05) is 24.3 Å². The fraction of sp³-hybridized carbons (Fsp3) is 0.600. The maximum Gasteiger partial charge on any atom is 0.0805 e. The van der Waals surface area contributed by atoms with E-state index in [0.717, 1.165) is 12.8 Å². The molecule has 0 aromatic heterocycles. The molecule has 1 rings (SSSR count). The van der Waals surface area contributed by atoms with Crippen molar-refractivity contribution in [3.63, 3.8) is 0 Å². The van der Waals surface area contributed by atoms with Gasteiger partial charge in [-0.2, -0.15) is 0 Å². The Balaban J connectivity index is 2.66. The molecule has 0 aliphatic heterocycles. The van der Waals surface area contributed by atoms with Gasteiger partial charge in [0.25, 0.3) is 0 Å². The molecule has 1 nitrogen and oxygen atoms in total. The van der Waals surface area contributed by atoms with Crippen molar-refractivity contribution in [2.45, 2.75) is 32.3 Å². The van der Waals surface area contributed by atoms with Crippen molar-refractivity contribution in [1.82, 2.24) is 0 Å². The van der Waals surface area contributed by atoms with Gasteiger partial charge >= 0.3 is 0 Å². The number of rotatable bonds is 1. The lowest BCUT2D eigenvalue weighted by Crippen LogP contribution is -2.28. The molecule has 0 saturated carbocycles. The molecule has 0 amide bonds. The summed E-state index contributed by atoms with van der Waals surface area (Å²) in [6.45, 7) is 7.77. The van der Waals surface area contributed by atoms with Gasteiger partial charge in [0.05, 0.1) is 5.60 Å². The first-order valence-corrected chi connectivity index (χ1v) is 4.07. The van der Waals surface area contributed by atoms with E-state index in [4.69, 9.17) is 0 Å². The zero-order valence-electron chi connectivity index (χ0n) is 7.30. The molecule has 0 bridgehead atoms. The summed E-state index contributed by atoms with van der Waals surface area (Å²) in [6.07, 6.45) is 5.78. The molecule has 2 atom stereocenters. The molecular formula is C10H16O. The van der Waals surface area contributed by atoms with Crippen molar-refractivity contribution in [2.75, 3.05) is 0 Å². The highest BCUT2D eigenvalue weighted by Gasteiger charge is 2.25. The van der Waals surface area contributed by atoms with Gasteiger partial charge in [0.2, 0.25) is 0 Å². The smallest absolute Gasteiger partial charge is 0.0805 e. The molecule has 62 valence electrons. The van der Waals surface area contributed by atoms with Gasteiger partial charge in [-0.05, 0) is 32.6 Å². The molecule has 0 saturated heterocycles. The maximum atomic E-state index is 9.67. The Bertz CT molecular complexity index is 189. The van der Waals surface area contributed by atoms with E-state index in [1.54, 1.807) is 0 Å². The fourth-order valence-electron chi connectivity index (χ4n) is 1.51. The monoisotopic (exact) mass is 152 g/mol. The third-order valence-corrected chi connectivity index (χ3v) is 2.25. The number of hydrogen-bond acceptors (Lipinski definition) is 1. The Hall–Kier alpha value is -0.560. The van der Waals surface area contributed by atoms with Crippen molar-refractivity contribution >= 4 is 0 Å². The van der Waals surface area contributed by atoms with Gasteiger partial charge < -0.3 is 5.11 Å². The van der Waals surface area contributed by atoms with Crippen LogP contribution in [0.1, 0.15) is 26.7 Å². The highest BCUT2D eigenvalue weighted by atomic mass is 16.3. The summed E-state index contributed by atoms with van der Waals surface area (Å²) in [4.78, 5) is 0. The molecule has 0 radical (unpaired) electrons. The van der Waals surface area contributed by atoms with Gasteiger partial charge in [-0.15, -0.1) is 0 Å². The van der Waals surface area contributed by atoms with Crippen LogP contribution in [0.2, 0.25) is 0 Å². The average Bonchev–Trinajstić information content (AvgIpc) is 1.85. The highest BCUT2D eigenvalue weighted by Crippen LogP contribution is 2.30. The van der Waals surface area contributed by atoms with Crippen molar-refractivity contribution in [2.24, 2.45) is 5.92 Å². The minimum atomic E-state index is -0.609. The largest absolute Gasteiger partial charge is 0.386 e. The van der Waals surface area contributed by atoms with Crippen molar-refractivity contribution in [3.8, 4) is 0 Å². The summed E-state index contributed by atoms with van der Waals surface area (Å²) >= 11 is 0. The SMILES string of the molecule is C=C(C)C1CC=CC(C)(O)C1. The normalized spacial score (nSPS) is 37.2. The van der Waals surface area contributed by atoms with Gasteiger partial charge in [-0.25, -0.2) is 0 Å². The van der Waals surface area contributed by atoms with Crippen molar-refractivity contribution in [1.29, 1.82) is 0 Å². The standard InChI is InChI=1S/C10H16O/c1-8(2)9-5-4-6-10(3,11)7-9/h4,6,9,11H,1,5,7H2,2-3H3. The van der Waals surface area contributed by atoms with Crippen LogP contribution in [-0.2, 0) is 0 Å². The van der Waals surface area contributed by atoms with Crippen LogP contribution in [0, 0.1) is 5.92 Å². The molecule has 0 spiro atoms.